The van der Waals surface area contributed by atoms with Gasteiger partial charge in [-0.3, -0.25) is 4.79 Å². The lowest BCUT2D eigenvalue weighted by Gasteiger charge is -2.24. The lowest BCUT2D eigenvalue weighted by molar-refractivity contribution is -0.129. The molecular formula is C12H17BN2O3. The Morgan fingerprint density at radius 1 is 1.39 bits per heavy atom. The van der Waals surface area contributed by atoms with Crippen LogP contribution in [-0.4, -0.2) is 47.0 Å². The molecule has 1 aliphatic heterocycles. The predicted molar refractivity (Wildman–Crippen MR) is 69.9 cm³/mol. The SMILES string of the molecule is O=C(CNc1ccccc1)N1CCC[C@H]1B(O)O. The maximum Gasteiger partial charge on any atom is 0.475 e. The number of likely N-dealkylation sites (tertiary alicyclic amines) is 1. The van der Waals surface area contributed by atoms with Crippen LogP contribution in [0.1, 0.15) is 12.8 Å². The van der Waals surface area contributed by atoms with Gasteiger partial charge in [0.2, 0.25) is 5.91 Å². The summed E-state index contributed by atoms with van der Waals surface area (Å²) >= 11 is 0. The molecule has 0 aliphatic carbocycles. The van der Waals surface area contributed by atoms with E-state index in [1.165, 1.54) is 0 Å². The summed E-state index contributed by atoms with van der Waals surface area (Å²) in [4.78, 5) is 13.5. The number of nitrogens with zero attached hydrogens (tertiary/aromatic N) is 1. The van der Waals surface area contributed by atoms with Crippen molar-refractivity contribution in [2.24, 2.45) is 0 Å². The van der Waals surface area contributed by atoms with Crippen LogP contribution in [-0.2, 0) is 4.79 Å². The van der Waals surface area contributed by atoms with Crippen LogP contribution in [0.3, 0.4) is 0 Å². The summed E-state index contributed by atoms with van der Waals surface area (Å²) in [6.45, 7) is 0.769. The number of amides is 1. The van der Waals surface area contributed by atoms with Crippen molar-refractivity contribution < 1.29 is 14.8 Å². The monoisotopic (exact) mass is 248 g/mol. The molecule has 2 rings (SSSR count). The average molecular weight is 248 g/mol. The van der Waals surface area contributed by atoms with Gasteiger partial charge < -0.3 is 20.3 Å². The van der Waals surface area contributed by atoms with Crippen LogP contribution in [0.2, 0.25) is 0 Å². The summed E-state index contributed by atoms with van der Waals surface area (Å²) in [5.41, 5.74) is 0.881. The third-order valence-electron chi connectivity index (χ3n) is 3.18. The number of hydrogen-bond donors (Lipinski definition) is 3. The minimum atomic E-state index is -1.45. The molecule has 1 fully saturated rings. The molecule has 1 aromatic carbocycles. The van der Waals surface area contributed by atoms with Gasteiger partial charge in [0.1, 0.15) is 0 Å². The smallest absolute Gasteiger partial charge is 0.426 e. The van der Waals surface area contributed by atoms with Crippen LogP contribution in [0.4, 0.5) is 5.69 Å². The molecule has 5 nitrogen and oxygen atoms in total. The van der Waals surface area contributed by atoms with Crippen molar-refractivity contribution >= 4 is 18.7 Å². The Balaban J connectivity index is 1.88. The van der Waals surface area contributed by atoms with Crippen LogP contribution >= 0.6 is 0 Å². The van der Waals surface area contributed by atoms with Crippen molar-refractivity contribution in [3.63, 3.8) is 0 Å². The van der Waals surface area contributed by atoms with E-state index in [0.717, 1.165) is 12.1 Å². The number of benzene rings is 1. The zero-order valence-corrected chi connectivity index (χ0v) is 10.1. The molecule has 1 aromatic rings. The Morgan fingerprint density at radius 2 is 2.11 bits per heavy atom. The first kappa shape index (κ1) is 12.9. The molecule has 1 atom stereocenters. The van der Waals surface area contributed by atoms with E-state index in [-0.39, 0.29) is 12.5 Å². The number of para-hydroxylation sites is 1. The van der Waals surface area contributed by atoms with Crippen molar-refractivity contribution in [3.05, 3.63) is 30.3 Å². The first-order valence-electron chi connectivity index (χ1n) is 6.13. The Bertz CT molecular complexity index is 400. The fourth-order valence-electron chi connectivity index (χ4n) is 2.25. The zero-order valence-electron chi connectivity index (χ0n) is 10.1. The van der Waals surface area contributed by atoms with E-state index < -0.39 is 13.1 Å². The fraction of sp³-hybridized carbons (Fsp3) is 0.417. The standard InChI is InChI=1S/C12H17BN2O3/c16-12(9-14-10-5-2-1-3-6-10)15-8-4-7-11(15)13(17)18/h1-3,5-6,11,14,17-18H,4,7-9H2/t11-/m0/s1. The maximum atomic E-state index is 12.0. The molecule has 6 heteroatoms. The van der Waals surface area contributed by atoms with Gasteiger partial charge in [0.25, 0.3) is 0 Å². The number of hydrogen-bond acceptors (Lipinski definition) is 4. The molecule has 1 heterocycles. The average Bonchev–Trinajstić information content (AvgIpc) is 2.86. The Labute approximate surface area is 107 Å². The van der Waals surface area contributed by atoms with E-state index >= 15 is 0 Å². The number of carbonyl (C=O) groups is 1. The van der Waals surface area contributed by atoms with Gasteiger partial charge >= 0.3 is 7.12 Å². The topological polar surface area (TPSA) is 72.8 Å². The largest absolute Gasteiger partial charge is 0.475 e. The first-order valence-corrected chi connectivity index (χ1v) is 6.13. The van der Waals surface area contributed by atoms with E-state index in [9.17, 15) is 14.8 Å². The van der Waals surface area contributed by atoms with Gasteiger partial charge in [-0.25, -0.2) is 0 Å². The third-order valence-corrected chi connectivity index (χ3v) is 3.18. The van der Waals surface area contributed by atoms with Gasteiger partial charge in [0.05, 0.1) is 12.5 Å². The lowest BCUT2D eigenvalue weighted by atomic mass is 9.78. The van der Waals surface area contributed by atoms with Crippen LogP contribution in [0.25, 0.3) is 0 Å². The summed E-state index contributed by atoms with van der Waals surface area (Å²) in [6.07, 6.45) is 1.47. The Kier molecular flexibility index (Phi) is 4.22. The Morgan fingerprint density at radius 3 is 2.78 bits per heavy atom. The van der Waals surface area contributed by atoms with Gasteiger partial charge in [0.15, 0.2) is 0 Å². The normalized spacial score (nSPS) is 18.8. The van der Waals surface area contributed by atoms with Crippen LogP contribution in [0, 0.1) is 0 Å². The first-order chi connectivity index (χ1) is 8.68. The van der Waals surface area contributed by atoms with E-state index in [4.69, 9.17) is 0 Å². The molecule has 0 radical (unpaired) electrons. The van der Waals surface area contributed by atoms with Gasteiger partial charge in [-0.2, -0.15) is 0 Å². The highest BCUT2D eigenvalue weighted by molar-refractivity contribution is 6.43. The summed E-state index contributed by atoms with van der Waals surface area (Å²) in [7, 11) is -1.45. The number of nitrogens with one attached hydrogen (secondary N) is 1. The molecule has 18 heavy (non-hydrogen) atoms. The van der Waals surface area contributed by atoms with E-state index in [0.29, 0.717) is 13.0 Å². The van der Waals surface area contributed by atoms with Crippen molar-refractivity contribution in [1.82, 2.24) is 4.90 Å². The highest BCUT2D eigenvalue weighted by atomic mass is 16.4. The summed E-state index contributed by atoms with van der Waals surface area (Å²) in [5.74, 6) is -0.565. The molecule has 96 valence electrons. The summed E-state index contributed by atoms with van der Waals surface area (Å²) in [6, 6.07) is 9.46. The summed E-state index contributed by atoms with van der Waals surface area (Å²) < 4.78 is 0. The molecule has 0 saturated carbocycles. The Hall–Kier alpha value is -1.53. The van der Waals surface area contributed by atoms with Crippen molar-refractivity contribution in [1.29, 1.82) is 0 Å². The molecule has 0 unspecified atom stereocenters. The van der Waals surface area contributed by atoms with E-state index in [1.54, 1.807) is 4.90 Å². The number of anilines is 1. The zero-order chi connectivity index (χ0) is 13.0. The third kappa shape index (κ3) is 3.03. The lowest BCUT2D eigenvalue weighted by Crippen LogP contribution is -2.47. The minimum Gasteiger partial charge on any atom is -0.426 e. The molecular weight excluding hydrogens is 231 g/mol. The number of rotatable bonds is 4. The van der Waals surface area contributed by atoms with E-state index in [2.05, 4.69) is 5.32 Å². The van der Waals surface area contributed by atoms with Crippen molar-refractivity contribution in [2.45, 2.75) is 18.8 Å². The van der Waals surface area contributed by atoms with Gasteiger partial charge in [-0.05, 0) is 25.0 Å². The van der Waals surface area contributed by atoms with Crippen LogP contribution in [0.15, 0.2) is 30.3 Å². The van der Waals surface area contributed by atoms with Crippen LogP contribution < -0.4 is 5.32 Å². The summed E-state index contributed by atoms with van der Waals surface area (Å²) in [5, 5.41) is 21.4. The second kappa shape index (κ2) is 5.88. The maximum absolute atomic E-state index is 12.0. The van der Waals surface area contributed by atoms with Gasteiger partial charge in [0, 0.05) is 12.2 Å². The minimum absolute atomic E-state index is 0.102. The second-order valence-electron chi connectivity index (χ2n) is 4.43. The quantitative estimate of drug-likeness (QED) is 0.661. The predicted octanol–water partition coefficient (Wildman–Crippen LogP) is 0.101. The molecule has 3 N–H and O–H groups in total. The molecule has 1 aliphatic rings. The molecule has 0 bridgehead atoms. The van der Waals surface area contributed by atoms with Crippen LogP contribution in [0.5, 0.6) is 0 Å². The highest BCUT2D eigenvalue weighted by Gasteiger charge is 2.36. The molecule has 0 spiro atoms. The van der Waals surface area contributed by atoms with E-state index in [1.807, 2.05) is 30.3 Å². The number of carbonyl (C=O) groups excluding carboxylic acids is 1. The van der Waals surface area contributed by atoms with Crippen molar-refractivity contribution in [3.8, 4) is 0 Å². The van der Waals surface area contributed by atoms with Gasteiger partial charge in [-0.1, -0.05) is 18.2 Å². The fourth-order valence-corrected chi connectivity index (χ4v) is 2.25. The van der Waals surface area contributed by atoms with Gasteiger partial charge in [-0.15, -0.1) is 0 Å². The second-order valence-corrected chi connectivity index (χ2v) is 4.43. The molecule has 1 amide bonds. The highest BCUT2D eigenvalue weighted by Crippen LogP contribution is 2.18. The van der Waals surface area contributed by atoms with Crippen molar-refractivity contribution in [2.75, 3.05) is 18.4 Å². The molecule has 1 saturated heterocycles. The molecule has 0 aromatic heterocycles.